The van der Waals surface area contributed by atoms with Crippen LogP contribution in [0.5, 0.6) is 0 Å². The summed E-state index contributed by atoms with van der Waals surface area (Å²) in [6.07, 6.45) is 3.33. The highest BCUT2D eigenvalue weighted by Crippen LogP contribution is 2.44. The molecule has 0 N–H and O–H groups in total. The SMILES string of the molecule is Cc1ccccc1C1C(=O)OC2(CCCC2)C1=O. The van der Waals surface area contributed by atoms with Crippen LogP contribution in [0.1, 0.15) is 42.7 Å². The lowest BCUT2D eigenvalue weighted by molar-refractivity contribution is -0.151. The highest BCUT2D eigenvalue weighted by atomic mass is 16.6. The molecule has 1 aromatic carbocycles. The van der Waals surface area contributed by atoms with Crippen LogP contribution in [0.2, 0.25) is 0 Å². The summed E-state index contributed by atoms with van der Waals surface area (Å²) in [5.74, 6) is -1.10. The van der Waals surface area contributed by atoms with Crippen LogP contribution in [0.3, 0.4) is 0 Å². The van der Waals surface area contributed by atoms with Gasteiger partial charge >= 0.3 is 5.97 Å². The van der Waals surface area contributed by atoms with E-state index in [-0.39, 0.29) is 11.8 Å². The van der Waals surface area contributed by atoms with Crippen molar-refractivity contribution >= 4 is 11.8 Å². The Kier molecular flexibility index (Phi) is 2.51. The van der Waals surface area contributed by atoms with E-state index < -0.39 is 11.5 Å². The lowest BCUT2D eigenvalue weighted by Gasteiger charge is -2.19. The van der Waals surface area contributed by atoms with Gasteiger partial charge in [-0.05, 0) is 43.7 Å². The number of ketones is 1. The zero-order valence-electron chi connectivity index (χ0n) is 10.4. The van der Waals surface area contributed by atoms with Crippen molar-refractivity contribution in [1.82, 2.24) is 0 Å². The minimum atomic E-state index is -0.802. The number of esters is 1. The van der Waals surface area contributed by atoms with Gasteiger partial charge in [0.15, 0.2) is 11.4 Å². The van der Waals surface area contributed by atoms with Crippen LogP contribution in [-0.2, 0) is 14.3 Å². The largest absolute Gasteiger partial charge is 0.450 e. The summed E-state index contributed by atoms with van der Waals surface area (Å²) >= 11 is 0. The molecule has 3 rings (SSSR count). The predicted molar refractivity (Wildman–Crippen MR) is 66.2 cm³/mol. The number of benzene rings is 1. The van der Waals surface area contributed by atoms with Gasteiger partial charge in [0.05, 0.1) is 0 Å². The lowest BCUT2D eigenvalue weighted by atomic mass is 9.85. The number of rotatable bonds is 1. The summed E-state index contributed by atoms with van der Waals surface area (Å²) in [6, 6.07) is 7.56. The number of hydrogen-bond acceptors (Lipinski definition) is 3. The Hall–Kier alpha value is -1.64. The van der Waals surface area contributed by atoms with Crippen LogP contribution in [0, 0.1) is 6.92 Å². The number of aryl methyl sites for hydroxylation is 1. The molecule has 1 aliphatic heterocycles. The smallest absolute Gasteiger partial charge is 0.322 e. The molecule has 1 saturated heterocycles. The number of hydrogen-bond donors (Lipinski definition) is 0. The summed E-state index contributed by atoms with van der Waals surface area (Å²) in [6.45, 7) is 1.93. The average molecular weight is 244 g/mol. The van der Waals surface area contributed by atoms with E-state index in [0.717, 1.165) is 24.0 Å². The Bertz CT molecular complexity index is 512. The fraction of sp³-hybridized carbons (Fsp3) is 0.467. The van der Waals surface area contributed by atoms with Crippen molar-refractivity contribution in [3.8, 4) is 0 Å². The van der Waals surface area contributed by atoms with Crippen molar-refractivity contribution in [2.75, 3.05) is 0 Å². The molecule has 0 bridgehead atoms. The standard InChI is InChI=1S/C15H16O3/c1-10-6-2-3-7-11(10)12-13(16)15(18-14(12)17)8-4-5-9-15/h2-3,6-7,12H,4-5,8-9H2,1H3. The molecular weight excluding hydrogens is 228 g/mol. The molecule has 1 atom stereocenters. The molecule has 1 spiro atoms. The van der Waals surface area contributed by atoms with E-state index in [1.165, 1.54) is 0 Å². The van der Waals surface area contributed by atoms with Crippen LogP contribution in [-0.4, -0.2) is 17.4 Å². The lowest BCUT2D eigenvalue weighted by Crippen LogP contribution is -2.33. The Morgan fingerprint density at radius 3 is 2.50 bits per heavy atom. The Morgan fingerprint density at radius 2 is 1.83 bits per heavy atom. The van der Waals surface area contributed by atoms with E-state index in [2.05, 4.69) is 0 Å². The molecule has 0 aromatic heterocycles. The third kappa shape index (κ3) is 1.50. The second-order valence-corrected chi connectivity index (χ2v) is 5.28. The maximum atomic E-state index is 12.5. The summed E-state index contributed by atoms with van der Waals surface area (Å²) in [7, 11) is 0. The Balaban J connectivity index is 2.01. The van der Waals surface area contributed by atoms with Crippen molar-refractivity contribution in [1.29, 1.82) is 0 Å². The second-order valence-electron chi connectivity index (χ2n) is 5.28. The van der Waals surface area contributed by atoms with Crippen LogP contribution < -0.4 is 0 Å². The first-order chi connectivity index (χ1) is 8.64. The molecule has 2 aliphatic rings. The predicted octanol–water partition coefficient (Wildman–Crippen LogP) is 2.52. The molecular formula is C15H16O3. The molecule has 0 amide bonds. The van der Waals surface area contributed by atoms with E-state index in [1.54, 1.807) is 0 Å². The van der Waals surface area contributed by atoms with Gasteiger partial charge in [0, 0.05) is 0 Å². The second kappa shape index (κ2) is 3.94. The number of carbonyl (C=O) groups excluding carboxylic acids is 2. The quantitative estimate of drug-likeness (QED) is 0.563. The van der Waals surface area contributed by atoms with Gasteiger partial charge in [-0.3, -0.25) is 9.59 Å². The summed E-state index contributed by atoms with van der Waals surface area (Å²) in [4.78, 5) is 24.6. The fourth-order valence-electron chi connectivity index (χ4n) is 3.15. The molecule has 1 aliphatic carbocycles. The zero-order chi connectivity index (χ0) is 12.8. The molecule has 94 valence electrons. The van der Waals surface area contributed by atoms with E-state index in [9.17, 15) is 9.59 Å². The molecule has 3 heteroatoms. The maximum Gasteiger partial charge on any atom is 0.322 e. The number of Topliss-reactive ketones (excluding diaryl/α,β-unsaturated/α-hetero) is 1. The zero-order valence-corrected chi connectivity index (χ0v) is 10.4. The van der Waals surface area contributed by atoms with Gasteiger partial charge in [0.1, 0.15) is 5.92 Å². The molecule has 2 fully saturated rings. The molecule has 3 nitrogen and oxygen atoms in total. The summed E-state index contributed by atoms with van der Waals surface area (Å²) in [5, 5.41) is 0. The van der Waals surface area contributed by atoms with Crippen molar-refractivity contribution in [2.45, 2.75) is 44.1 Å². The first-order valence-corrected chi connectivity index (χ1v) is 6.47. The van der Waals surface area contributed by atoms with E-state index >= 15 is 0 Å². The minimum Gasteiger partial charge on any atom is -0.450 e. The van der Waals surface area contributed by atoms with E-state index in [0.29, 0.717) is 12.8 Å². The molecule has 1 unspecified atom stereocenters. The number of carbonyl (C=O) groups is 2. The first-order valence-electron chi connectivity index (χ1n) is 6.47. The van der Waals surface area contributed by atoms with E-state index in [1.807, 2.05) is 31.2 Å². The highest BCUT2D eigenvalue weighted by molar-refractivity contribution is 6.13. The fourth-order valence-corrected chi connectivity index (χ4v) is 3.15. The van der Waals surface area contributed by atoms with E-state index in [4.69, 9.17) is 4.74 Å². The first kappa shape index (κ1) is 11.5. The van der Waals surface area contributed by atoms with Crippen molar-refractivity contribution in [3.05, 3.63) is 35.4 Å². The summed E-state index contributed by atoms with van der Waals surface area (Å²) < 4.78 is 5.46. The summed E-state index contributed by atoms with van der Waals surface area (Å²) in [5.41, 5.74) is 0.975. The van der Waals surface area contributed by atoms with Gasteiger partial charge < -0.3 is 4.74 Å². The van der Waals surface area contributed by atoms with Crippen LogP contribution in [0.25, 0.3) is 0 Å². The normalized spacial score (nSPS) is 25.7. The third-order valence-electron chi connectivity index (χ3n) is 4.15. The van der Waals surface area contributed by atoms with Gasteiger partial charge in [-0.25, -0.2) is 0 Å². The monoisotopic (exact) mass is 244 g/mol. The maximum absolute atomic E-state index is 12.5. The third-order valence-corrected chi connectivity index (χ3v) is 4.15. The van der Waals surface area contributed by atoms with Crippen molar-refractivity contribution < 1.29 is 14.3 Å². The molecule has 1 aromatic rings. The average Bonchev–Trinajstić information content (AvgIpc) is 2.89. The highest BCUT2D eigenvalue weighted by Gasteiger charge is 2.56. The van der Waals surface area contributed by atoms with Crippen LogP contribution in [0.4, 0.5) is 0 Å². The van der Waals surface area contributed by atoms with Gasteiger partial charge in [-0.15, -0.1) is 0 Å². The van der Waals surface area contributed by atoms with Gasteiger partial charge in [0.2, 0.25) is 0 Å². The van der Waals surface area contributed by atoms with Crippen LogP contribution >= 0.6 is 0 Å². The topological polar surface area (TPSA) is 43.4 Å². The van der Waals surface area contributed by atoms with Crippen molar-refractivity contribution in [3.63, 3.8) is 0 Å². The van der Waals surface area contributed by atoms with Crippen molar-refractivity contribution in [2.24, 2.45) is 0 Å². The van der Waals surface area contributed by atoms with Gasteiger partial charge in [-0.2, -0.15) is 0 Å². The van der Waals surface area contributed by atoms with Gasteiger partial charge in [-0.1, -0.05) is 24.3 Å². The minimum absolute atomic E-state index is 0.0284. The van der Waals surface area contributed by atoms with Gasteiger partial charge in [0.25, 0.3) is 0 Å². The molecule has 1 heterocycles. The Morgan fingerprint density at radius 1 is 1.17 bits per heavy atom. The molecule has 1 saturated carbocycles. The Labute approximate surface area is 106 Å². The molecule has 0 radical (unpaired) electrons. The van der Waals surface area contributed by atoms with Crippen LogP contribution in [0.15, 0.2) is 24.3 Å². The number of ether oxygens (including phenoxy) is 1. The molecule has 18 heavy (non-hydrogen) atoms.